The molecule has 7 nitrogen and oxygen atoms in total. The first-order valence-electron chi connectivity index (χ1n) is 9.74. The van der Waals surface area contributed by atoms with Crippen molar-refractivity contribution in [3.8, 4) is 0 Å². The molecule has 1 amide bonds. The fraction of sp³-hybridized carbons (Fsp3) is 0.381. The standard InChI is InChI=1S/C21H25F3N2O5S2/c1-20(2,3)19(27)26(4)13-12-25-33(30,31)18-14-16(10-11-17(18)21(22,23)24)32(28,29)15-8-6-5-7-9-15/h5-11,14,25H,12-13H2,1-4H3. The number of amides is 1. The first kappa shape index (κ1) is 26.8. The molecule has 33 heavy (non-hydrogen) atoms. The van der Waals surface area contributed by atoms with Gasteiger partial charge in [0.2, 0.25) is 25.8 Å². The maximum Gasteiger partial charge on any atom is 0.417 e. The van der Waals surface area contributed by atoms with Crippen LogP contribution >= 0.6 is 0 Å². The predicted octanol–water partition coefficient (Wildman–Crippen LogP) is 3.32. The summed E-state index contributed by atoms with van der Waals surface area (Å²) < 4.78 is 93.7. The maximum absolute atomic E-state index is 13.5. The molecule has 0 heterocycles. The van der Waals surface area contributed by atoms with Crippen LogP contribution in [0.1, 0.15) is 26.3 Å². The van der Waals surface area contributed by atoms with Crippen LogP contribution in [0.4, 0.5) is 13.2 Å². The van der Waals surface area contributed by atoms with Gasteiger partial charge in [0.05, 0.1) is 20.2 Å². The second-order valence-electron chi connectivity index (χ2n) is 8.35. The number of likely N-dealkylation sites (N-methyl/N-ethyl adjacent to an activating group) is 1. The van der Waals surface area contributed by atoms with E-state index in [9.17, 15) is 34.8 Å². The van der Waals surface area contributed by atoms with Crippen molar-refractivity contribution in [2.24, 2.45) is 5.41 Å². The van der Waals surface area contributed by atoms with E-state index in [1.54, 1.807) is 26.8 Å². The topological polar surface area (TPSA) is 101 Å². The molecule has 0 aliphatic heterocycles. The molecule has 0 aliphatic rings. The minimum atomic E-state index is -5.04. The van der Waals surface area contributed by atoms with E-state index in [1.807, 2.05) is 4.72 Å². The number of sulfonamides is 1. The van der Waals surface area contributed by atoms with Crippen LogP contribution in [-0.2, 0) is 30.8 Å². The molecule has 0 bridgehead atoms. The number of carbonyl (C=O) groups excluding carboxylic acids is 1. The first-order chi connectivity index (χ1) is 15.0. The molecule has 0 radical (unpaired) electrons. The highest BCUT2D eigenvalue weighted by atomic mass is 32.2. The molecule has 0 aliphatic carbocycles. The van der Waals surface area contributed by atoms with Crippen LogP contribution in [0.3, 0.4) is 0 Å². The highest BCUT2D eigenvalue weighted by Crippen LogP contribution is 2.36. The third kappa shape index (κ3) is 6.33. The van der Waals surface area contributed by atoms with E-state index in [4.69, 9.17) is 0 Å². The lowest BCUT2D eigenvalue weighted by atomic mass is 9.95. The Morgan fingerprint density at radius 2 is 1.52 bits per heavy atom. The monoisotopic (exact) mass is 506 g/mol. The molecule has 0 aromatic heterocycles. The lowest BCUT2D eigenvalue weighted by molar-refractivity contribution is -0.140. The molecule has 2 aromatic carbocycles. The van der Waals surface area contributed by atoms with Crippen molar-refractivity contribution in [3.05, 3.63) is 54.1 Å². The van der Waals surface area contributed by atoms with E-state index in [2.05, 4.69) is 0 Å². The van der Waals surface area contributed by atoms with Crippen molar-refractivity contribution in [1.82, 2.24) is 9.62 Å². The summed E-state index contributed by atoms with van der Waals surface area (Å²) in [5.74, 6) is -0.284. The van der Waals surface area contributed by atoms with Gasteiger partial charge in [-0.2, -0.15) is 13.2 Å². The molecule has 2 rings (SSSR count). The molecule has 0 fully saturated rings. The third-order valence-electron chi connectivity index (χ3n) is 4.64. The van der Waals surface area contributed by atoms with E-state index in [-0.39, 0.29) is 23.9 Å². The van der Waals surface area contributed by atoms with E-state index in [0.717, 1.165) is 6.07 Å². The zero-order chi connectivity index (χ0) is 25.2. The van der Waals surface area contributed by atoms with Crippen molar-refractivity contribution in [3.63, 3.8) is 0 Å². The van der Waals surface area contributed by atoms with Crippen molar-refractivity contribution in [2.45, 2.75) is 41.6 Å². The van der Waals surface area contributed by atoms with Crippen molar-refractivity contribution in [1.29, 1.82) is 0 Å². The Hall–Kier alpha value is -2.44. The second kappa shape index (κ2) is 9.43. The SMILES string of the molecule is CN(CCNS(=O)(=O)c1cc(S(=O)(=O)c2ccccc2)ccc1C(F)(F)F)C(=O)C(C)(C)C. The average molecular weight is 507 g/mol. The Labute approximate surface area is 191 Å². The predicted molar refractivity (Wildman–Crippen MR) is 116 cm³/mol. The van der Waals surface area contributed by atoms with Gasteiger partial charge in [0, 0.05) is 25.6 Å². The molecule has 0 atom stereocenters. The minimum absolute atomic E-state index is 0.0985. The number of alkyl halides is 3. The van der Waals surface area contributed by atoms with E-state index in [0.29, 0.717) is 12.1 Å². The Bertz CT molecular complexity index is 1220. The van der Waals surface area contributed by atoms with Gasteiger partial charge in [-0.1, -0.05) is 39.0 Å². The van der Waals surface area contributed by atoms with Gasteiger partial charge in [-0.25, -0.2) is 21.6 Å². The normalized spacial score (nSPS) is 13.1. The number of nitrogens with zero attached hydrogens (tertiary/aromatic N) is 1. The Balaban J connectivity index is 2.42. The number of carbonyl (C=O) groups is 1. The summed E-state index contributed by atoms with van der Waals surface area (Å²) in [5, 5.41) is 0. The fourth-order valence-corrected chi connectivity index (χ4v) is 5.61. The number of hydrogen-bond acceptors (Lipinski definition) is 5. The third-order valence-corrected chi connectivity index (χ3v) is 7.91. The molecule has 12 heteroatoms. The average Bonchev–Trinajstić information content (AvgIpc) is 2.71. The molecule has 0 spiro atoms. The van der Waals surface area contributed by atoms with Crippen molar-refractivity contribution < 1.29 is 34.8 Å². The van der Waals surface area contributed by atoms with E-state index in [1.165, 1.54) is 36.2 Å². The number of halogens is 3. The highest BCUT2D eigenvalue weighted by Gasteiger charge is 2.38. The van der Waals surface area contributed by atoms with Gasteiger partial charge in [0.15, 0.2) is 0 Å². The number of benzene rings is 2. The quantitative estimate of drug-likeness (QED) is 0.621. The summed E-state index contributed by atoms with van der Waals surface area (Å²) in [4.78, 5) is 11.5. The molecular weight excluding hydrogens is 481 g/mol. The van der Waals surface area contributed by atoms with Crippen molar-refractivity contribution in [2.75, 3.05) is 20.1 Å². The first-order valence-corrected chi connectivity index (χ1v) is 12.7. The number of rotatable bonds is 7. The van der Waals surface area contributed by atoms with Crippen molar-refractivity contribution >= 4 is 25.8 Å². The largest absolute Gasteiger partial charge is 0.417 e. The molecule has 0 saturated heterocycles. The lowest BCUT2D eigenvalue weighted by Crippen LogP contribution is -2.41. The Morgan fingerprint density at radius 3 is 2.03 bits per heavy atom. The van der Waals surface area contributed by atoms with Gasteiger partial charge in [0.25, 0.3) is 0 Å². The van der Waals surface area contributed by atoms with Gasteiger partial charge in [-0.3, -0.25) is 4.79 Å². The van der Waals surface area contributed by atoms with Crippen LogP contribution in [0.5, 0.6) is 0 Å². The van der Waals surface area contributed by atoms with Gasteiger partial charge in [-0.05, 0) is 30.3 Å². The Morgan fingerprint density at radius 1 is 0.939 bits per heavy atom. The summed E-state index contributed by atoms with van der Waals surface area (Å²) in [7, 11) is -7.59. The van der Waals surface area contributed by atoms with Crippen LogP contribution < -0.4 is 4.72 Å². The summed E-state index contributed by atoms with van der Waals surface area (Å²) in [5.41, 5.74) is -2.22. The Kier molecular flexibility index (Phi) is 7.66. The summed E-state index contributed by atoms with van der Waals surface area (Å²) in [6, 6.07) is 8.59. The van der Waals surface area contributed by atoms with Gasteiger partial charge in [-0.15, -0.1) is 0 Å². The van der Waals surface area contributed by atoms with Gasteiger partial charge >= 0.3 is 6.18 Å². The number of nitrogens with one attached hydrogen (secondary N) is 1. The highest BCUT2D eigenvalue weighted by molar-refractivity contribution is 7.91. The lowest BCUT2D eigenvalue weighted by Gasteiger charge is -2.26. The van der Waals surface area contributed by atoms with Crippen LogP contribution in [-0.4, -0.2) is 47.8 Å². The van der Waals surface area contributed by atoms with E-state index < -0.39 is 46.8 Å². The molecule has 1 N–H and O–H groups in total. The minimum Gasteiger partial charge on any atom is -0.344 e. The number of hydrogen-bond donors (Lipinski definition) is 1. The van der Waals surface area contributed by atoms with E-state index >= 15 is 0 Å². The summed E-state index contributed by atoms with van der Waals surface area (Å²) >= 11 is 0. The second-order valence-corrected chi connectivity index (χ2v) is 12.0. The fourth-order valence-electron chi connectivity index (χ4n) is 2.96. The van der Waals surface area contributed by atoms with Crippen LogP contribution in [0.15, 0.2) is 63.2 Å². The summed E-state index contributed by atoms with van der Waals surface area (Å²) in [6.07, 6.45) is -5.04. The van der Waals surface area contributed by atoms with Crippen LogP contribution in [0, 0.1) is 5.41 Å². The molecule has 182 valence electrons. The molecular formula is C21H25F3N2O5S2. The van der Waals surface area contributed by atoms with Gasteiger partial charge in [0.1, 0.15) is 0 Å². The maximum atomic E-state index is 13.5. The molecule has 0 saturated carbocycles. The van der Waals surface area contributed by atoms with Crippen LogP contribution in [0.25, 0.3) is 0 Å². The molecule has 0 unspecified atom stereocenters. The smallest absolute Gasteiger partial charge is 0.344 e. The van der Waals surface area contributed by atoms with Crippen LogP contribution in [0.2, 0.25) is 0 Å². The number of sulfone groups is 1. The zero-order valence-corrected chi connectivity index (χ0v) is 20.1. The molecule has 2 aromatic rings. The summed E-state index contributed by atoms with van der Waals surface area (Å²) in [6.45, 7) is 4.55. The zero-order valence-electron chi connectivity index (χ0n) is 18.5. The van der Waals surface area contributed by atoms with Gasteiger partial charge < -0.3 is 4.90 Å².